The Labute approximate surface area is 94.3 Å². The Hall–Kier alpha value is -0.0900. The van der Waals surface area contributed by atoms with E-state index in [2.05, 4.69) is 36.6 Å². The molecule has 0 saturated carbocycles. The van der Waals surface area contributed by atoms with Gasteiger partial charge >= 0.3 is 5.97 Å². The average Bonchev–Trinajstić information content (AvgIpc) is 2.15. The van der Waals surface area contributed by atoms with Crippen molar-refractivity contribution in [2.24, 2.45) is 5.92 Å². The maximum atomic E-state index is 11.2. The van der Waals surface area contributed by atoms with Gasteiger partial charge in [-0.1, -0.05) is 37.9 Å². The van der Waals surface area contributed by atoms with Crippen LogP contribution in [0.1, 0.15) is 6.42 Å². The number of carbonyl (C=O) groups excluding carboxylic acids is 1. The summed E-state index contributed by atoms with van der Waals surface area (Å²) < 4.78 is 5.73. The van der Waals surface area contributed by atoms with E-state index in [4.69, 9.17) is 0 Å². The van der Waals surface area contributed by atoms with Gasteiger partial charge in [0.15, 0.2) is 0 Å². The van der Waals surface area contributed by atoms with Gasteiger partial charge in [-0.2, -0.15) is 0 Å². The maximum Gasteiger partial charge on any atom is 0.312 e. The summed E-state index contributed by atoms with van der Waals surface area (Å²) in [6.45, 7) is 0. The van der Waals surface area contributed by atoms with Crippen molar-refractivity contribution in [2.45, 2.75) is 6.42 Å². The smallest absolute Gasteiger partial charge is 0.312 e. The average molecular weight is 310 g/mol. The zero-order valence-electron chi connectivity index (χ0n) is 7.22. The molecule has 0 bridgehead atoms. The minimum absolute atomic E-state index is 0.142. The van der Waals surface area contributed by atoms with E-state index < -0.39 is 0 Å². The SMILES string of the molecule is COC(=O)C1C=C(CBr)C=C(Br)C1. The second-order valence-corrected chi connectivity index (χ2v) is 4.38. The second kappa shape index (κ2) is 4.96. The Bertz CT molecular complexity index is 269. The molecule has 1 aliphatic rings. The molecule has 0 spiro atoms. The van der Waals surface area contributed by atoms with E-state index in [0.29, 0.717) is 6.42 Å². The predicted octanol–water partition coefficient (Wildman–Crippen LogP) is 2.78. The van der Waals surface area contributed by atoms with Crippen molar-refractivity contribution in [1.29, 1.82) is 0 Å². The second-order valence-electron chi connectivity index (χ2n) is 2.80. The van der Waals surface area contributed by atoms with Crippen molar-refractivity contribution in [1.82, 2.24) is 0 Å². The Morgan fingerprint density at radius 1 is 1.77 bits per heavy atom. The highest BCUT2D eigenvalue weighted by atomic mass is 79.9. The molecule has 0 amide bonds. The summed E-state index contributed by atoms with van der Waals surface area (Å²) in [6, 6.07) is 0. The summed E-state index contributed by atoms with van der Waals surface area (Å²) >= 11 is 6.75. The van der Waals surface area contributed by atoms with Crippen LogP contribution in [0.3, 0.4) is 0 Å². The lowest BCUT2D eigenvalue weighted by Gasteiger charge is -2.15. The normalized spacial score (nSPS) is 21.9. The molecule has 1 aliphatic carbocycles. The molecule has 1 atom stereocenters. The number of carbonyl (C=O) groups is 1. The highest BCUT2D eigenvalue weighted by Crippen LogP contribution is 2.28. The molecule has 1 unspecified atom stereocenters. The number of halogens is 2. The van der Waals surface area contributed by atoms with Crippen LogP contribution in [0.15, 0.2) is 22.2 Å². The molecule has 0 aromatic heterocycles. The largest absolute Gasteiger partial charge is 0.469 e. The lowest BCUT2D eigenvalue weighted by Crippen LogP contribution is -2.16. The van der Waals surface area contributed by atoms with E-state index >= 15 is 0 Å². The first-order chi connectivity index (χ1) is 6.17. The molecular weight excluding hydrogens is 300 g/mol. The van der Waals surface area contributed by atoms with Crippen LogP contribution in [0.2, 0.25) is 0 Å². The number of hydrogen-bond acceptors (Lipinski definition) is 2. The van der Waals surface area contributed by atoms with E-state index in [1.165, 1.54) is 7.11 Å². The van der Waals surface area contributed by atoms with Crippen molar-refractivity contribution in [3.8, 4) is 0 Å². The van der Waals surface area contributed by atoms with Crippen molar-refractivity contribution < 1.29 is 9.53 Å². The number of allylic oxidation sites excluding steroid dienone is 3. The van der Waals surface area contributed by atoms with Crippen LogP contribution in [0, 0.1) is 5.92 Å². The highest BCUT2D eigenvalue weighted by molar-refractivity contribution is 9.11. The van der Waals surface area contributed by atoms with Crippen molar-refractivity contribution in [3.05, 3.63) is 22.2 Å². The minimum Gasteiger partial charge on any atom is -0.469 e. The van der Waals surface area contributed by atoms with Gasteiger partial charge in [0.05, 0.1) is 13.0 Å². The first kappa shape index (κ1) is 11.0. The fraction of sp³-hybridized carbons (Fsp3) is 0.444. The molecule has 0 heterocycles. The molecule has 0 aliphatic heterocycles. The molecule has 0 aromatic rings. The van der Waals surface area contributed by atoms with Crippen LogP contribution in [-0.2, 0) is 9.53 Å². The molecule has 0 radical (unpaired) electrons. The number of alkyl halides is 1. The van der Waals surface area contributed by atoms with Crippen molar-refractivity contribution in [3.63, 3.8) is 0 Å². The zero-order chi connectivity index (χ0) is 9.84. The minimum atomic E-state index is -0.177. The molecule has 0 N–H and O–H groups in total. The fourth-order valence-corrected chi connectivity index (χ4v) is 2.21. The van der Waals surface area contributed by atoms with E-state index in [0.717, 1.165) is 15.4 Å². The van der Waals surface area contributed by atoms with E-state index in [1.807, 2.05) is 12.2 Å². The van der Waals surface area contributed by atoms with Gasteiger partial charge in [-0.15, -0.1) is 0 Å². The van der Waals surface area contributed by atoms with E-state index in [-0.39, 0.29) is 11.9 Å². The van der Waals surface area contributed by atoms with Gasteiger partial charge in [0, 0.05) is 5.33 Å². The Balaban J connectivity index is 2.77. The number of hydrogen-bond donors (Lipinski definition) is 0. The number of rotatable bonds is 2. The third-order valence-corrected chi connectivity index (χ3v) is 3.03. The summed E-state index contributed by atoms with van der Waals surface area (Å²) in [5.74, 6) is -0.319. The predicted molar refractivity (Wildman–Crippen MR) is 59.0 cm³/mol. The Kier molecular flexibility index (Phi) is 4.19. The quantitative estimate of drug-likeness (QED) is 0.579. The molecule has 0 aromatic carbocycles. The first-order valence-corrected chi connectivity index (χ1v) is 5.79. The van der Waals surface area contributed by atoms with Gasteiger partial charge in [0.1, 0.15) is 0 Å². The van der Waals surface area contributed by atoms with Crippen LogP contribution in [-0.4, -0.2) is 18.4 Å². The van der Waals surface area contributed by atoms with Crippen LogP contribution >= 0.6 is 31.9 Å². The van der Waals surface area contributed by atoms with Crippen LogP contribution in [0.25, 0.3) is 0 Å². The standard InChI is InChI=1S/C9H10Br2O2/c1-13-9(12)7-2-6(5-10)3-8(11)4-7/h2-3,7H,4-5H2,1H3. The van der Waals surface area contributed by atoms with Gasteiger partial charge in [-0.25, -0.2) is 0 Å². The third-order valence-electron chi connectivity index (χ3n) is 1.83. The molecule has 72 valence electrons. The molecule has 0 fully saturated rings. The number of ether oxygens (including phenoxy) is 1. The first-order valence-electron chi connectivity index (χ1n) is 3.88. The van der Waals surface area contributed by atoms with Gasteiger partial charge < -0.3 is 4.74 Å². The topological polar surface area (TPSA) is 26.3 Å². The van der Waals surface area contributed by atoms with E-state index in [9.17, 15) is 4.79 Å². The summed E-state index contributed by atoms with van der Waals surface area (Å²) in [5.41, 5.74) is 1.11. The Morgan fingerprint density at radius 3 is 3.00 bits per heavy atom. The lowest BCUT2D eigenvalue weighted by molar-refractivity contribution is -0.143. The molecular formula is C9H10Br2O2. The van der Waals surface area contributed by atoms with Crippen molar-refractivity contribution in [2.75, 3.05) is 12.4 Å². The zero-order valence-corrected chi connectivity index (χ0v) is 10.4. The van der Waals surface area contributed by atoms with Crippen LogP contribution < -0.4 is 0 Å². The van der Waals surface area contributed by atoms with E-state index in [1.54, 1.807) is 0 Å². The summed E-state index contributed by atoms with van der Waals surface area (Å²) in [5, 5.41) is 0.760. The number of esters is 1. The molecule has 0 saturated heterocycles. The fourth-order valence-electron chi connectivity index (χ4n) is 1.22. The summed E-state index contributed by atoms with van der Waals surface area (Å²) in [6.07, 6.45) is 4.66. The Morgan fingerprint density at radius 2 is 2.46 bits per heavy atom. The molecule has 13 heavy (non-hydrogen) atoms. The number of methoxy groups -OCH3 is 1. The lowest BCUT2D eigenvalue weighted by atomic mass is 9.97. The van der Waals surface area contributed by atoms with Crippen LogP contribution in [0.5, 0.6) is 0 Å². The maximum absolute atomic E-state index is 11.2. The van der Waals surface area contributed by atoms with Gasteiger partial charge in [0.25, 0.3) is 0 Å². The van der Waals surface area contributed by atoms with Gasteiger partial charge in [-0.3, -0.25) is 4.79 Å². The summed E-state index contributed by atoms with van der Waals surface area (Å²) in [7, 11) is 1.41. The van der Waals surface area contributed by atoms with Crippen LogP contribution in [0.4, 0.5) is 0 Å². The monoisotopic (exact) mass is 308 g/mol. The highest BCUT2D eigenvalue weighted by Gasteiger charge is 2.21. The van der Waals surface area contributed by atoms with Gasteiger partial charge in [0.2, 0.25) is 0 Å². The van der Waals surface area contributed by atoms with Crippen molar-refractivity contribution >= 4 is 37.8 Å². The summed E-state index contributed by atoms with van der Waals surface area (Å²) in [4.78, 5) is 11.2. The molecule has 1 rings (SSSR count). The van der Waals surface area contributed by atoms with Gasteiger partial charge in [-0.05, 0) is 22.6 Å². The third kappa shape index (κ3) is 2.95. The molecule has 2 nitrogen and oxygen atoms in total. The molecule has 4 heteroatoms.